The predicted molar refractivity (Wildman–Crippen MR) is 202 cm³/mol. The van der Waals surface area contributed by atoms with Crippen LogP contribution in [0.4, 0.5) is 0 Å². The monoisotopic (exact) mass is 641 g/mol. The van der Waals surface area contributed by atoms with E-state index in [9.17, 15) is 0 Å². The van der Waals surface area contributed by atoms with Crippen LogP contribution in [0.1, 0.15) is 0 Å². The molecule has 0 fully saturated rings. The van der Waals surface area contributed by atoms with Crippen LogP contribution in [0.3, 0.4) is 0 Å². The van der Waals surface area contributed by atoms with Crippen molar-refractivity contribution in [1.29, 1.82) is 0 Å². The third kappa shape index (κ3) is 4.67. The van der Waals surface area contributed by atoms with Gasteiger partial charge in [0.2, 0.25) is 0 Å². The Balaban J connectivity index is 1.19. The number of rotatable bonds is 5. The molecule has 3 aromatic heterocycles. The zero-order valence-corrected chi connectivity index (χ0v) is 26.7. The largest absolute Gasteiger partial charge is 0.456 e. The number of furan rings is 2. The van der Waals surface area contributed by atoms with Crippen molar-refractivity contribution in [2.45, 2.75) is 0 Å². The van der Waals surface area contributed by atoms with Crippen molar-refractivity contribution in [3.63, 3.8) is 0 Å². The van der Waals surface area contributed by atoms with Crippen molar-refractivity contribution in [1.82, 2.24) is 15.0 Å². The smallest absolute Gasteiger partial charge is 0.164 e. The molecule has 5 nitrogen and oxygen atoms in total. The van der Waals surface area contributed by atoms with Crippen LogP contribution in [-0.2, 0) is 0 Å². The van der Waals surface area contributed by atoms with Gasteiger partial charge in [-0.25, -0.2) is 15.0 Å². The van der Waals surface area contributed by atoms with Crippen molar-refractivity contribution in [3.05, 3.63) is 164 Å². The lowest BCUT2D eigenvalue weighted by Gasteiger charge is -2.10. The zero-order chi connectivity index (χ0) is 33.0. The lowest BCUT2D eigenvalue weighted by molar-refractivity contribution is 0.668. The molecule has 5 heteroatoms. The van der Waals surface area contributed by atoms with Gasteiger partial charge in [-0.05, 0) is 58.7 Å². The van der Waals surface area contributed by atoms with Crippen LogP contribution in [0.25, 0.3) is 100 Å². The van der Waals surface area contributed by atoms with E-state index >= 15 is 0 Å². The molecule has 0 N–H and O–H groups in total. The molecule has 0 atom stereocenters. The summed E-state index contributed by atoms with van der Waals surface area (Å²) in [5.74, 6) is 1.75. The molecule has 10 aromatic rings. The number of fused-ring (bicyclic) bond motifs is 6. The summed E-state index contributed by atoms with van der Waals surface area (Å²) in [5, 5.41) is 4.08. The minimum Gasteiger partial charge on any atom is -0.456 e. The molecule has 50 heavy (non-hydrogen) atoms. The Bertz CT molecular complexity index is 2850. The van der Waals surface area contributed by atoms with Crippen molar-refractivity contribution < 1.29 is 8.83 Å². The summed E-state index contributed by atoms with van der Waals surface area (Å²) in [6, 6.07) is 55.7. The molecular weight excluding hydrogens is 615 g/mol. The number of benzene rings is 7. The Kier molecular flexibility index (Phi) is 6.42. The molecule has 0 aliphatic carbocycles. The van der Waals surface area contributed by atoms with Crippen LogP contribution in [0, 0.1) is 0 Å². The van der Waals surface area contributed by atoms with Gasteiger partial charge in [-0.3, -0.25) is 0 Å². The fourth-order valence-electron chi connectivity index (χ4n) is 6.98. The zero-order valence-electron chi connectivity index (χ0n) is 26.7. The minimum atomic E-state index is 0.579. The Morgan fingerprint density at radius 2 is 0.800 bits per heavy atom. The van der Waals surface area contributed by atoms with Gasteiger partial charge in [0.15, 0.2) is 17.5 Å². The third-order valence-electron chi connectivity index (χ3n) is 9.37. The van der Waals surface area contributed by atoms with Gasteiger partial charge in [-0.15, -0.1) is 0 Å². The molecule has 0 amide bonds. The summed E-state index contributed by atoms with van der Waals surface area (Å²) in [6.07, 6.45) is 0. The maximum atomic E-state index is 6.36. The van der Waals surface area contributed by atoms with E-state index in [0.717, 1.165) is 82.8 Å². The van der Waals surface area contributed by atoms with Gasteiger partial charge in [-0.1, -0.05) is 127 Å². The van der Waals surface area contributed by atoms with Crippen LogP contribution < -0.4 is 0 Å². The molecule has 10 rings (SSSR count). The topological polar surface area (TPSA) is 65.0 Å². The van der Waals surface area contributed by atoms with Crippen molar-refractivity contribution in [2.24, 2.45) is 0 Å². The average Bonchev–Trinajstić information content (AvgIpc) is 3.77. The molecule has 234 valence electrons. The second-order valence-electron chi connectivity index (χ2n) is 12.4. The van der Waals surface area contributed by atoms with E-state index in [0.29, 0.717) is 17.5 Å². The summed E-state index contributed by atoms with van der Waals surface area (Å²) < 4.78 is 12.6. The molecule has 7 aromatic carbocycles. The first-order chi connectivity index (χ1) is 24.8. The number of hydrogen-bond acceptors (Lipinski definition) is 5. The second kappa shape index (κ2) is 11.4. The van der Waals surface area contributed by atoms with Gasteiger partial charge in [0.25, 0.3) is 0 Å². The van der Waals surface area contributed by atoms with Gasteiger partial charge in [0, 0.05) is 38.2 Å². The van der Waals surface area contributed by atoms with Crippen LogP contribution in [0.2, 0.25) is 0 Å². The molecule has 0 spiro atoms. The van der Waals surface area contributed by atoms with Gasteiger partial charge < -0.3 is 8.83 Å². The maximum absolute atomic E-state index is 6.36. The van der Waals surface area contributed by atoms with Crippen LogP contribution in [-0.4, -0.2) is 15.0 Å². The number of aromatic nitrogens is 3. The highest BCUT2D eigenvalue weighted by molar-refractivity contribution is 6.14. The Morgan fingerprint density at radius 1 is 0.300 bits per heavy atom. The molecule has 0 aliphatic heterocycles. The summed E-state index contributed by atoms with van der Waals surface area (Å²) in [4.78, 5) is 15.4. The highest BCUT2D eigenvalue weighted by Gasteiger charge is 2.19. The van der Waals surface area contributed by atoms with E-state index in [1.807, 2.05) is 66.7 Å². The summed E-state index contributed by atoms with van der Waals surface area (Å²) >= 11 is 0. The Hall–Kier alpha value is -6.85. The minimum absolute atomic E-state index is 0.579. The Morgan fingerprint density at radius 3 is 1.54 bits per heavy atom. The normalized spacial score (nSPS) is 11.6. The molecule has 0 radical (unpaired) electrons. The molecule has 0 saturated heterocycles. The highest BCUT2D eigenvalue weighted by atomic mass is 16.3. The first-order valence-corrected chi connectivity index (χ1v) is 16.6. The standard InChI is InChI=1S/C45H27N3O2/c1-3-11-28(12-4-1)29-21-23-31(24-22-29)43-46-44(48-45(47-43)35-17-10-20-40-42(35)34-15-7-8-18-37(34)49-40)32-25-26-38-36(27-32)41-33(16-9-19-39(41)50-38)30-13-5-2-6-14-30/h1-27H. The van der Waals surface area contributed by atoms with Crippen molar-refractivity contribution in [2.75, 3.05) is 0 Å². The quantitative estimate of drug-likeness (QED) is 0.187. The second-order valence-corrected chi connectivity index (χ2v) is 12.4. The van der Waals surface area contributed by atoms with Gasteiger partial charge >= 0.3 is 0 Å². The van der Waals surface area contributed by atoms with E-state index in [1.54, 1.807) is 0 Å². The predicted octanol–water partition coefficient (Wildman–Crippen LogP) is 12.0. The van der Waals surface area contributed by atoms with Crippen LogP contribution in [0.15, 0.2) is 173 Å². The van der Waals surface area contributed by atoms with Crippen LogP contribution in [0.5, 0.6) is 0 Å². The molecule has 0 aliphatic rings. The fraction of sp³-hybridized carbons (Fsp3) is 0. The van der Waals surface area contributed by atoms with Gasteiger partial charge in [0.1, 0.15) is 22.3 Å². The Labute approximate surface area is 287 Å². The number of hydrogen-bond donors (Lipinski definition) is 0. The fourth-order valence-corrected chi connectivity index (χ4v) is 6.98. The molecule has 0 bridgehead atoms. The van der Waals surface area contributed by atoms with E-state index in [1.165, 1.54) is 0 Å². The van der Waals surface area contributed by atoms with Gasteiger partial charge in [-0.2, -0.15) is 0 Å². The summed E-state index contributed by atoms with van der Waals surface area (Å²) in [5.41, 5.74) is 10.5. The van der Waals surface area contributed by atoms with Gasteiger partial charge in [0.05, 0.1) is 0 Å². The molecule has 0 unspecified atom stereocenters. The van der Waals surface area contributed by atoms with E-state index in [4.69, 9.17) is 23.8 Å². The first-order valence-electron chi connectivity index (χ1n) is 16.6. The summed E-state index contributed by atoms with van der Waals surface area (Å²) in [7, 11) is 0. The van der Waals surface area contributed by atoms with E-state index < -0.39 is 0 Å². The van der Waals surface area contributed by atoms with E-state index in [-0.39, 0.29) is 0 Å². The highest BCUT2D eigenvalue weighted by Crippen LogP contribution is 2.40. The van der Waals surface area contributed by atoms with Crippen molar-refractivity contribution in [3.8, 4) is 56.4 Å². The SMILES string of the molecule is c1ccc(-c2ccc(-c3nc(-c4ccc5oc6cccc(-c7ccccc7)c6c5c4)nc(-c4cccc5oc6ccccc6c45)n3)cc2)cc1. The first kappa shape index (κ1) is 28.2. The molecule has 3 heterocycles. The lowest BCUT2D eigenvalue weighted by Crippen LogP contribution is -2.00. The van der Waals surface area contributed by atoms with Crippen LogP contribution >= 0.6 is 0 Å². The van der Waals surface area contributed by atoms with E-state index in [2.05, 4.69) is 97.1 Å². The average molecular weight is 642 g/mol. The van der Waals surface area contributed by atoms with Crippen molar-refractivity contribution >= 4 is 43.9 Å². The molecular formula is C45H27N3O2. The third-order valence-corrected chi connectivity index (χ3v) is 9.37. The number of nitrogens with zero attached hydrogens (tertiary/aromatic N) is 3. The summed E-state index contributed by atoms with van der Waals surface area (Å²) in [6.45, 7) is 0. The lowest BCUT2D eigenvalue weighted by atomic mass is 9.99. The molecule has 0 saturated carbocycles. The number of para-hydroxylation sites is 1. The maximum Gasteiger partial charge on any atom is 0.164 e.